The largest absolute Gasteiger partial charge is 0.356 e. The second-order valence-corrected chi connectivity index (χ2v) is 10.6. The fourth-order valence-corrected chi connectivity index (χ4v) is 5.78. The van der Waals surface area contributed by atoms with E-state index in [-0.39, 0.29) is 18.0 Å². The molecule has 1 amide bonds. The summed E-state index contributed by atoms with van der Waals surface area (Å²) >= 11 is 9.96. The molecular weight excluding hydrogens is 528 g/mol. The Labute approximate surface area is 219 Å². The minimum Gasteiger partial charge on any atom is -0.356 e. The fourth-order valence-electron chi connectivity index (χ4n) is 5.21. The number of aryl methyl sites for hydroxylation is 3. The van der Waals surface area contributed by atoms with Gasteiger partial charge in [0.2, 0.25) is 5.91 Å². The molecule has 1 aliphatic heterocycles. The van der Waals surface area contributed by atoms with Crippen molar-refractivity contribution in [1.82, 2.24) is 30.1 Å². The Kier molecular flexibility index (Phi) is 7.82. The summed E-state index contributed by atoms with van der Waals surface area (Å²) in [6, 6.07) is 8.58. The molecule has 2 N–H and O–H groups in total. The second kappa shape index (κ2) is 11.2. The van der Waals surface area contributed by atoms with Crippen LogP contribution in [0.25, 0.3) is 0 Å². The first-order valence-electron chi connectivity index (χ1n) is 12.2. The maximum absolute atomic E-state index is 12.7. The quantitative estimate of drug-likeness (QED) is 0.433. The van der Waals surface area contributed by atoms with Gasteiger partial charge in [0.1, 0.15) is 0 Å². The second-order valence-electron chi connectivity index (χ2n) is 9.30. The van der Waals surface area contributed by atoms with E-state index in [9.17, 15) is 4.79 Å². The van der Waals surface area contributed by atoms with Gasteiger partial charge in [-0.05, 0) is 70.1 Å². The monoisotopic (exact) mass is 556 g/mol. The van der Waals surface area contributed by atoms with Crippen molar-refractivity contribution in [2.75, 3.05) is 26.2 Å². The first kappa shape index (κ1) is 24.4. The van der Waals surface area contributed by atoms with Crippen molar-refractivity contribution in [3.63, 3.8) is 0 Å². The van der Waals surface area contributed by atoms with Crippen LogP contribution in [-0.4, -0.2) is 57.6 Å². The van der Waals surface area contributed by atoms with Crippen molar-refractivity contribution in [2.24, 2.45) is 0 Å². The van der Waals surface area contributed by atoms with E-state index >= 15 is 0 Å². The van der Waals surface area contributed by atoms with Crippen molar-refractivity contribution < 1.29 is 4.79 Å². The molecule has 35 heavy (non-hydrogen) atoms. The number of benzene rings is 1. The highest BCUT2D eigenvalue weighted by molar-refractivity contribution is 9.10. The SMILES string of the molecule is O=C(C[C@H]1CN(C2c3ccc(Cl)cc3CCc3cc(Br)cnc32)CCN1)NCCCn1ccnc1. The molecule has 3 heterocycles. The molecule has 0 radical (unpaired) electrons. The van der Waals surface area contributed by atoms with E-state index in [2.05, 4.69) is 54.6 Å². The molecule has 2 aliphatic rings. The summed E-state index contributed by atoms with van der Waals surface area (Å²) in [4.78, 5) is 24.1. The van der Waals surface area contributed by atoms with Crippen LogP contribution >= 0.6 is 27.5 Å². The number of rotatable bonds is 7. The lowest BCUT2D eigenvalue weighted by Crippen LogP contribution is -2.53. The van der Waals surface area contributed by atoms with Crippen LogP contribution in [0.1, 0.15) is 41.3 Å². The topological polar surface area (TPSA) is 75.1 Å². The Morgan fingerprint density at radius 2 is 2.14 bits per heavy atom. The van der Waals surface area contributed by atoms with Crippen molar-refractivity contribution in [2.45, 2.75) is 44.3 Å². The van der Waals surface area contributed by atoms with Gasteiger partial charge >= 0.3 is 0 Å². The molecule has 1 aromatic carbocycles. The summed E-state index contributed by atoms with van der Waals surface area (Å²) in [6.45, 7) is 4.03. The highest BCUT2D eigenvalue weighted by Gasteiger charge is 2.33. The summed E-state index contributed by atoms with van der Waals surface area (Å²) in [5.41, 5.74) is 4.93. The maximum Gasteiger partial charge on any atom is 0.221 e. The Morgan fingerprint density at radius 1 is 1.26 bits per heavy atom. The van der Waals surface area contributed by atoms with E-state index < -0.39 is 0 Å². The van der Waals surface area contributed by atoms with Gasteiger partial charge in [-0.3, -0.25) is 14.7 Å². The van der Waals surface area contributed by atoms with Crippen LogP contribution in [0, 0.1) is 0 Å². The van der Waals surface area contributed by atoms with Crippen molar-refractivity contribution in [3.05, 3.63) is 81.1 Å². The maximum atomic E-state index is 12.7. The molecule has 2 atom stereocenters. The number of aromatic nitrogens is 3. The number of piperazine rings is 1. The highest BCUT2D eigenvalue weighted by Crippen LogP contribution is 2.38. The van der Waals surface area contributed by atoms with Crippen LogP contribution in [0.2, 0.25) is 5.02 Å². The van der Waals surface area contributed by atoms with Crippen LogP contribution < -0.4 is 10.6 Å². The Bertz CT molecular complexity index is 1120. The number of pyridine rings is 1. The molecule has 7 nitrogen and oxygen atoms in total. The van der Waals surface area contributed by atoms with E-state index in [1.807, 2.05) is 23.0 Å². The molecule has 1 aliphatic carbocycles. The van der Waals surface area contributed by atoms with E-state index in [4.69, 9.17) is 16.6 Å². The summed E-state index contributed by atoms with van der Waals surface area (Å²) in [5, 5.41) is 7.40. The predicted octanol–water partition coefficient (Wildman–Crippen LogP) is 3.75. The first-order chi connectivity index (χ1) is 17.1. The standard InChI is InChI=1S/C26H30BrClN6O/c27-20-12-19-3-2-18-13-21(28)4-5-23(18)26(25(19)32-15-20)34-11-8-30-22(16-34)14-24(35)31-6-1-9-33-10-7-29-17-33/h4-5,7,10,12-13,15,17,22,26,30H,1-3,6,8-9,11,14,16H2,(H,31,35)/t22-,26?/m0/s1. The van der Waals surface area contributed by atoms with Gasteiger partial charge < -0.3 is 15.2 Å². The summed E-state index contributed by atoms with van der Waals surface area (Å²) in [7, 11) is 0. The highest BCUT2D eigenvalue weighted by atomic mass is 79.9. The number of hydrogen-bond donors (Lipinski definition) is 2. The third-order valence-corrected chi connectivity index (χ3v) is 7.52. The third kappa shape index (κ3) is 5.94. The fraction of sp³-hybridized carbons (Fsp3) is 0.423. The van der Waals surface area contributed by atoms with Crippen LogP contribution in [0.3, 0.4) is 0 Å². The zero-order valence-corrected chi connectivity index (χ0v) is 21.9. The third-order valence-electron chi connectivity index (χ3n) is 6.85. The molecule has 184 valence electrons. The zero-order chi connectivity index (χ0) is 24.2. The molecule has 5 rings (SSSR count). The Balaban J connectivity index is 1.27. The minimum atomic E-state index is 0.0516. The van der Waals surface area contributed by atoms with Crippen LogP contribution in [0.15, 0.2) is 53.7 Å². The lowest BCUT2D eigenvalue weighted by atomic mass is 9.95. The Hall–Kier alpha value is -2.26. The lowest BCUT2D eigenvalue weighted by Gasteiger charge is -2.39. The number of nitrogens with zero attached hydrogens (tertiary/aromatic N) is 4. The summed E-state index contributed by atoms with van der Waals surface area (Å²) < 4.78 is 3.02. The van der Waals surface area contributed by atoms with Gasteiger partial charge in [0.15, 0.2) is 0 Å². The molecule has 1 unspecified atom stereocenters. The molecule has 3 aromatic rings. The molecule has 0 spiro atoms. The van der Waals surface area contributed by atoms with E-state index in [1.165, 1.54) is 16.7 Å². The van der Waals surface area contributed by atoms with Crippen molar-refractivity contribution >= 4 is 33.4 Å². The number of nitrogens with one attached hydrogen (secondary N) is 2. The number of amides is 1. The van der Waals surface area contributed by atoms with Crippen LogP contribution in [0.5, 0.6) is 0 Å². The average molecular weight is 558 g/mol. The molecule has 9 heteroatoms. The van der Waals surface area contributed by atoms with Gasteiger partial charge in [-0.2, -0.15) is 0 Å². The zero-order valence-electron chi connectivity index (χ0n) is 19.6. The van der Waals surface area contributed by atoms with Gasteiger partial charge in [0.05, 0.1) is 18.1 Å². The Morgan fingerprint density at radius 3 is 3.00 bits per heavy atom. The number of fused-ring (bicyclic) bond motifs is 2. The summed E-state index contributed by atoms with van der Waals surface area (Å²) in [6.07, 6.45) is 10.6. The average Bonchev–Trinajstić information content (AvgIpc) is 3.31. The number of carbonyl (C=O) groups excluding carboxylic acids is 1. The van der Waals surface area contributed by atoms with Gasteiger partial charge in [-0.1, -0.05) is 17.7 Å². The van der Waals surface area contributed by atoms with E-state index in [1.54, 1.807) is 12.5 Å². The summed E-state index contributed by atoms with van der Waals surface area (Å²) in [5.74, 6) is 0.0884. The van der Waals surface area contributed by atoms with Gasteiger partial charge in [0, 0.05) is 73.3 Å². The smallest absolute Gasteiger partial charge is 0.221 e. The minimum absolute atomic E-state index is 0.0516. The van der Waals surface area contributed by atoms with E-state index in [0.29, 0.717) is 13.0 Å². The lowest BCUT2D eigenvalue weighted by molar-refractivity contribution is -0.121. The van der Waals surface area contributed by atoms with Crippen molar-refractivity contribution in [3.8, 4) is 0 Å². The number of hydrogen-bond acceptors (Lipinski definition) is 5. The normalized spacial score (nSPS) is 20.1. The van der Waals surface area contributed by atoms with E-state index in [0.717, 1.165) is 60.6 Å². The van der Waals surface area contributed by atoms with Crippen LogP contribution in [-0.2, 0) is 24.2 Å². The number of carbonyl (C=O) groups is 1. The van der Waals surface area contributed by atoms with Crippen molar-refractivity contribution in [1.29, 1.82) is 0 Å². The number of imidazole rings is 1. The molecule has 2 aromatic heterocycles. The molecule has 1 fully saturated rings. The van der Waals surface area contributed by atoms with Gasteiger partial charge in [-0.15, -0.1) is 0 Å². The molecule has 0 saturated carbocycles. The van der Waals surface area contributed by atoms with Gasteiger partial charge in [0.25, 0.3) is 0 Å². The molecule has 1 saturated heterocycles. The van der Waals surface area contributed by atoms with Gasteiger partial charge in [-0.25, -0.2) is 4.98 Å². The first-order valence-corrected chi connectivity index (χ1v) is 13.4. The molecule has 0 bridgehead atoms. The number of halogens is 2. The van der Waals surface area contributed by atoms with Crippen LogP contribution in [0.4, 0.5) is 0 Å². The molecular formula is C26H30BrClN6O. The predicted molar refractivity (Wildman–Crippen MR) is 140 cm³/mol.